The highest BCUT2D eigenvalue weighted by Crippen LogP contribution is 2.36. The minimum atomic E-state index is -4.51. The Bertz CT molecular complexity index is 1500. The fourth-order valence-corrected chi connectivity index (χ4v) is 4.95. The van der Waals surface area contributed by atoms with Gasteiger partial charge in [-0.25, -0.2) is 9.67 Å². The Morgan fingerprint density at radius 3 is 2.61 bits per heavy atom. The van der Waals surface area contributed by atoms with Gasteiger partial charge in [-0.05, 0) is 12.5 Å². The molecule has 0 bridgehead atoms. The molecule has 0 aliphatic carbocycles. The summed E-state index contributed by atoms with van der Waals surface area (Å²) >= 11 is 6.45. The Hall–Kier alpha value is -3.64. The molecule has 38 heavy (non-hydrogen) atoms. The number of ether oxygens (including phenoxy) is 1. The zero-order chi connectivity index (χ0) is 26.6. The summed E-state index contributed by atoms with van der Waals surface area (Å²) in [5, 5.41) is 9.57. The van der Waals surface area contributed by atoms with Crippen LogP contribution in [0.2, 0.25) is 5.02 Å². The molecule has 13 heteroatoms. The van der Waals surface area contributed by atoms with E-state index >= 15 is 0 Å². The number of hydrogen-bond acceptors (Lipinski definition) is 5. The van der Waals surface area contributed by atoms with Gasteiger partial charge in [0, 0.05) is 30.8 Å². The maximum Gasteiger partial charge on any atom is 0.434 e. The Balaban J connectivity index is 1.27. The highest BCUT2D eigenvalue weighted by Gasteiger charge is 2.35. The van der Waals surface area contributed by atoms with Crippen LogP contribution in [0, 0.1) is 0 Å². The normalized spacial score (nSPS) is 16.1. The standard InChI is InChI=1S/C25H23ClF3N7O2/c1-2-33-12-20(25(27,28)29)31-24(33)16-5-3-15(4-6-16)11-34-21-9-19(32-35(21)8-7-22(34)37)23-18(26)10-30-36(23)17-13-38-14-17/h3-6,9-10,12,17H,2,7-8,11,13-14H2,1H3. The average Bonchev–Trinajstić information content (AvgIpc) is 3.57. The van der Waals surface area contributed by atoms with Gasteiger partial charge in [0.2, 0.25) is 5.91 Å². The number of halogens is 4. The molecule has 2 aliphatic rings. The van der Waals surface area contributed by atoms with E-state index in [1.807, 2.05) is 10.7 Å². The molecular formula is C25H23ClF3N7O2. The first-order valence-electron chi connectivity index (χ1n) is 12.2. The summed E-state index contributed by atoms with van der Waals surface area (Å²) in [5.41, 5.74) is 1.76. The lowest BCUT2D eigenvalue weighted by Gasteiger charge is -2.27. The molecule has 0 N–H and O–H groups in total. The van der Waals surface area contributed by atoms with E-state index in [0.717, 1.165) is 11.8 Å². The van der Waals surface area contributed by atoms with Crippen LogP contribution in [0.4, 0.5) is 19.0 Å². The Kier molecular flexibility index (Phi) is 6.03. The first-order valence-corrected chi connectivity index (χ1v) is 12.5. The fraction of sp³-hybridized carbons (Fsp3) is 0.360. The summed E-state index contributed by atoms with van der Waals surface area (Å²) in [5.74, 6) is 0.843. The van der Waals surface area contributed by atoms with Crippen molar-refractivity contribution in [1.82, 2.24) is 29.1 Å². The number of rotatable bonds is 6. The molecule has 1 fully saturated rings. The molecule has 2 aliphatic heterocycles. The van der Waals surface area contributed by atoms with Crippen molar-refractivity contribution in [1.29, 1.82) is 0 Å². The van der Waals surface area contributed by atoms with Gasteiger partial charge in [-0.2, -0.15) is 23.4 Å². The van der Waals surface area contributed by atoms with Crippen LogP contribution in [0.1, 0.15) is 30.6 Å². The van der Waals surface area contributed by atoms with Crippen molar-refractivity contribution in [3.63, 3.8) is 0 Å². The number of fused-ring (bicyclic) bond motifs is 1. The van der Waals surface area contributed by atoms with Crippen molar-refractivity contribution in [2.75, 3.05) is 18.1 Å². The SMILES string of the molecule is CCn1cc(C(F)(F)F)nc1-c1ccc(CN2C(=O)CCn3nc(-c4c(Cl)cnn4C4COC4)cc32)cc1. The lowest BCUT2D eigenvalue weighted by Crippen LogP contribution is -2.36. The van der Waals surface area contributed by atoms with E-state index in [9.17, 15) is 18.0 Å². The van der Waals surface area contributed by atoms with Crippen LogP contribution < -0.4 is 4.90 Å². The third-order valence-corrected chi connectivity index (χ3v) is 7.07. The lowest BCUT2D eigenvalue weighted by atomic mass is 10.1. The fourth-order valence-electron chi connectivity index (χ4n) is 4.73. The van der Waals surface area contributed by atoms with Crippen molar-refractivity contribution in [3.05, 3.63) is 59.0 Å². The summed E-state index contributed by atoms with van der Waals surface area (Å²) in [6, 6.07) is 8.96. The summed E-state index contributed by atoms with van der Waals surface area (Å²) in [7, 11) is 0. The number of aromatic nitrogens is 6. The smallest absolute Gasteiger partial charge is 0.377 e. The van der Waals surface area contributed by atoms with E-state index in [1.165, 1.54) is 4.57 Å². The number of aryl methyl sites for hydroxylation is 2. The third-order valence-electron chi connectivity index (χ3n) is 6.79. The zero-order valence-corrected chi connectivity index (χ0v) is 21.1. The maximum atomic E-state index is 13.2. The molecule has 1 amide bonds. The van der Waals surface area contributed by atoms with Crippen molar-refractivity contribution < 1.29 is 22.7 Å². The Labute approximate surface area is 220 Å². The number of carbonyl (C=O) groups is 1. The van der Waals surface area contributed by atoms with Crippen LogP contribution >= 0.6 is 11.6 Å². The van der Waals surface area contributed by atoms with Crippen molar-refractivity contribution in [3.8, 4) is 22.8 Å². The monoisotopic (exact) mass is 545 g/mol. The number of amides is 1. The summed E-state index contributed by atoms with van der Waals surface area (Å²) < 4.78 is 49.9. The number of carbonyl (C=O) groups excluding carboxylic acids is 1. The molecule has 0 saturated carbocycles. The molecule has 6 rings (SSSR count). The lowest BCUT2D eigenvalue weighted by molar-refractivity contribution is -0.140. The van der Waals surface area contributed by atoms with Crippen molar-refractivity contribution in [2.45, 2.75) is 45.2 Å². The molecule has 0 atom stereocenters. The highest BCUT2D eigenvalue weighted by molar-refractivity contribution is 6.33. The molecule has 3 aromatic heterocycles. The van der Waals surface area contributed by atoms with Gasteiger partial charge >= 0.3 is 6.18 Å². The Morgan fingerprint density at radius 1 is 1.18 bits per heavy atom. The molecule has 5 heterocycles. The van der Waals surface area contributed by atoms with Gasteiger partial charge in [-0.3, -0.25) is 14.4 Å². The zero-order valence-electron chi connectivity index (χ0n) is 20.3. The van der Waals surface area contributed by atoms with Gasteiger partial charge in [-0.15, -0.1) is 0 Å². The predicted octanol–water partition coefficient (Wildman–Crippen LogP) is 4.81. The third kappa shape index (κ3) is 4.27. The minimum Gasteiger partial charge on any atom is -0.377 e. The van der Waals surface area contributed by atoms with Crippen LogP contribution in [0.25, 0.3) is 22.8 Å². The van der Waals surface area contributed by atoms with Gasteiger partial charge in [0.15, 0.2) is 5.69 Å². The molecule has 0 unspecified atom stereocenters. The second-order valence-electron chi connectivity index (χ2n) is 9.25. The second-order valence-corrected chi connectivity index (χ2v) is 9.66. The van der Waals surface area contributed by atoms with E-state index in [2.05, 4.69) is 10.1 Å². The van der Waals surface area contributed by atoms with Gasteiger partial charge in [0.25, 0.3) is 0 Å². The van der Waals surface area contributed by atoms with E-state index in [1.54, 1.807) is 47.0 Å². The molecule has 1 saturated heterocycles. The number of nitrogens with zero attached hydrogens (tertiary/aromatic N) is 7. The summed E-state index contributed by atoms with van der Waals surface area (Å²) in [4.78, 5) is 18.4. The van der Waals surface area contributed by atoms with Crippen LogP contribution in [-0.4, -0.2) is 48.2 Å². The second kappa shape index (κ2) is 9.28. The number of hydrogen-bond donors (Lipinski definition) is 0. The molecule has 0 spiro atoms. The minimum absolute atomic E-state index is 0.0450. The van der Waals surface area contributed by atoms with E-state index in [4.69, 9.17) is 21.4 Å². The molecule has 9 nitrogen and oxygen atoms in total. The first-order chi connectivity index (χ1) is 18.2. The number of anilines is 1. The van der Waals surface area contributed by atoms with E-state index in [0.29, 0.717) is 60.5 Å². The molecular weight excluding hydrogens is 523 g/mol. The topological polar surface area (TPSA) is 83.0 Å². The van der Waals surface area contributed by atoms with Gasteiger partial charge in [0.05, 0.1) is 43.6 Å². The Morgan fingerprint density at radius 2 is 1.95 bits per heavy atom. The predicted molar refractivity (Wildman–Crippen MR) is 132 cm³/mol. The molecule has 0 radical (unpaired) electrons. The van der Waals surface area contributed by atoms with Crippen LogP contribution in [0.5, 0.6) is 0 Å². The van der Waals surface area contributed by atoms with E-state index < -0.39 is 11.9 Å². The van der Waals surface area contributed by atoms with Crippen LogP contribution in [0.3, 0.4) is 0 Å². The number of benzene rings is 1. The summed E-state index contributed by atoms with van der Waals surface area (Å²) in [6.45, 7) is 3.95. The van der Waals surface area contributed by atoms with Crippen LogP contribution in [0.15, 0.2) is 42.7 Å². The van der Waals surface area contributed by atoms with E-state index in [-0.39, 0.29) is 24.3 Å². The number of alkyl halides is 3. The van der Waals surface area contributed by atoms with Gasteiger partial charge in [-0.1, -0.05) is 35.9 Å². The van der Waals surface area contributed by atoms with Crippen molar-refractivity contribution >= 4 is 23.3 Å². The number of imidazole rings is 1. The van der Waals surface area contributed by atoms with Gasteiger partial charge in [0.1, 0.15) is 23.0 Å². The largest absolute Gasteiger partial charge is 0.434 e. The van der Waals surface area contributed by atoms with Crippen LogP contribution in [-0.2, 0) is 35.3 Å². The average molecular weight is 546 g/mol. The quantitative estimate of drug-likeness (QED) is 0.347. The molecule has 198 valence electrons. The molecule has 4 aromatic rings. The van der Waals surface area contributed by atoms with Gasteiger partial charge < -0.3 is 9.30 Å². The maximum absolute atomic E-state index is 13.2. The summed E-state index contributed by atoms with van der Waals surface area (Å²) in [6.07, 6.45) is -1.62. The molecule has 1 aromatic carbocycles. The van der Waals surface area contributed by atoms with Crippen molar-refractivity contribution in [2.24, 2.45) is 0 Å². The first kappa shape index (κ1) is 24.7. The highest BCUT2D eigenvalue weighted by atomic mass is 35.5.